The molecule has 0 bridgehead atoms. The lowest BCUT2D eigenvalue weighted by atomic mass is 9.77. The van der Waals surface area contributed by atoms with E-state index in [1.807, 2.05) is 6.92 Å². The van der Waals surface area contributed by atoms with Gasteiger partial charge < -0.3 is 0 Å². The van der Waals surface area contributed by atoms with Gasteiger partial charge in [0.25, 0.3) is 0 Å². The molecule has 1 saturated carbocycles. The third-order valence-electron chi connectivity index (χ3n) is 4.52. The van der Waals surface area contributed by atoms with Crippen LogP contribution < -0.4 is 0 Å². The van der Waals surface area contributed by atoms with Crippen LogP contribution in [0.4, 0.5) is 22.0 Å². The molecule has 1 unspecified atom stereocenters. The van der Waals surface area contributed by atoms with E-state index in [1.165, 1.54) is 0 Å². The van der Waals surface area contributed by atoms with Gasteiger partial charge in [-0.15, -0.1) is 0 Å². The molecule has 26 heavy (non-hydrogen) atoms. The van der Waals surface area contributed by atoms with E-state index in [-0.39, 0.29) is 5.25 Å². The van der Waals surface area contributed by atoms with Crippen LogP contribution in [0.5, 0.6) is 0 Å². The third-order valence-corrected chi connectivity index (χ3v) is 8.64. The van der Waals surface area contributed by atoms with E-state index in [0.717, 1.165) is 12.0 Å². The number of allylic oxidation sites excluding steroid dienone is 1. The molecule has 0 heterocycles. The summed E-state index contributed by atoms with van der Waals surface area (Å²) < 4.78 is 73.1. The molecule has 0 amide bonds. The first-order valence-corrected chi connectivity index (χ1v) is 11.9. The van der Waals surface area contributed by atoms with Crippen LogP contribution in [0.25, 0.3) is 0 Å². The Bertz CT molecular complexity index is 731. The minimum atomic E-state index is -2.19. The summed E-state index contributed by atoms with van der Waals surface area (Å²) in [6.45, 7) is 7.67. The summed E-state index contributed by atoms with van der Waals surface area (Å²) in [5.41, 5.74) is 0.294. The van der Waals surface area contributed by atoms with Gasteiger partial charge in [0, 0.05) is 5.25 Å². The lowest BCUT2D eigenvalue weighted by Crippen LogP contribution is -2.42. The van der Waals surface area contributed by atoms with Crippen molar-refractivity contribution in [3.63, 3.8) is 0 Å². The molecule has 0 saturated heterocycles. The van der Waals surface area contributed by atoms with Crippen LogP contribution in [0.2, 0.25) is 0 Å². The summed E-state index contributed by atoms with van der Waals surface area (Å²) in [6.07, 6.45) is 0.154. The lowest BCUT2D eigenvalue weighted by Gasteiger charge is -2.38. The molecule has 0 radical (unpaired) electrons. The SMILES string of the molecule is C=C(C)[C@H]1CC[C@@](C)(O[P+](=S)Sc2c(F)c(F)c(F)c(F)c2F)[C@H](S)C1. The molecule has 0 aromatic heterocycles. The van der Waals surface area contributed by atoms with Gasteiger partial charge >= 0.3 is 6.13 Å². The lowest BCUT2D eigenvalue weighted by molar-refractivity contribution is 0.0639. The van der Waals surface area contributed by atoms with E-state index in [2.05, 4.69) is 19.2 Å². The van der Waals surface area contributed by atoms with Crippen LogP contribution in [-0.4, -0.2) is 10.9 Å². The van der Waals surface area contributed by atoms with E-state index in [4.69, 9.17) is 16.3 Å². The molecule has 2 rings (SSSR count). The van der Waals surface area contributed by atoms with Crippen molar-refractivity contribution in [2.45, 2.75) is 48.9 Å². The summed E-state index contributed by atoms with van der Waals surface area (Å²) in [6, 6.07) is 0. The summed E-state index contributed by atoms with van der Waals surface area (Å²) in [5.74, 6) is -9.68. The zero-order valence-electron chi connectivity index (χ0n) is 14.0. The largest absolute Gasteiger partial charge is 0.420 e. The molecular weight excluding hydrogens is 430 g/mol. The molecule has 1 aliphatic rings. The van der Waals surface area contributed by atoms with Crippen LogP contribution in [-0.2, 0) is 16.3 Å². The molecule has 1 aliphatic carbocycles. The number of hydrogen-bond donors (Lipinski definition) is 1. The molecule has 144 valence electrons. The number of rotatable bonds is 5. The maximum absolute atomic E-state index is 13.8. The van der Waals surface area contributed by atoms with E-state index in [1.54, 1.807) is 6.92 Å². The molecular formula is C16H17F5OPS3+. The predicted molar refractivity (Wildman–Crippen MR) is 101 cm³/mol. The fraction of sp³-hybridized carbons (Fsp3) is 0.500. The van der Waals surface area contributed by atoms with Crippen molar-refractivity contribution in [3.8, 4) is 0 Å². The summed E-state index contributed by atoms with van der Waals surface area (Å²) >= 11 is 10.0. The first-order valence-electron chi connectivity index (χ1n) is 7.67. The minimum Gasteiger partial charge on any atom is -0.202 e. The number of thiol groups is 1. The van der Waals surface area contributed by atoms with Gasteiger partial charge in [0.2, 0.25) is 17.6 Å². The second-order valence-corrected chi connectivity index (χ2v) is 11.5. The van der Waals surface area contributed by atoms with Gasteiger partial charge in [0.05, 0.1) is 0 Å². The molecule has 0 N–H and O–H groups in total. The van der Waals surface area contributed by atoms with E-state index in [9.17, 15) is 22.0 Å². The third kappa shape index (κ3) is 4.43. The quantitative estimate of drug-likeness (QED) is 0.134. The van der Waals surface area contributed by atoms with Gasteiger partial charge in [-0.3, -0.25) is 0 Å². The highest BCUT2D eigenvalue weighted by molar-refractivity contribution is 8.62. The molecule has 1 nitrogen and oxygen atoms in total. The van der Waals surface area contributed by atoms with Crippen LogP contribution in [0.3, 0.4) is 0 Å². The standard InChI is InChI=1S/C16H16F5OPS3/c1-7(2)8-4-5-16(3,9(24)6-8)22-23(25)26-15-13(20)11(18)10(17)12(19)14(15)21/h8-9H,1,4-6H2,2-3H3/p+1/t8-,9+,16+/m0/s1. The first-order chi connectivity index (χ1) is 12.0. The van der Waals surface area contributed by atoms with Crippen LogP contribution in [0.1, 0.15) is 33.1 Å². The summed E-state index contributed by atoms with van der Waals surface area (Å²) in [5, 5.41) is -0.192. The van der Waals surface area contributed by atoms with Crippen molar-refractivity contribution >= 4 is 41.9 Å². The minimum absolute atomic E-state index is 0.192. The van der Waals surface area contributed by atoms with Crippen LogP contribution in [0.15, 0.2) is 17.0 Å². The van der Waals surface area contributed by atoms with Crippen molar-refractivity contribution in [1.82, 2.24) is 0 Å². The van der Waals surface area contributed by atoms with Gasteiger partial charge in [-0.05, 0) is 39.0 Å². The van der Waals surface area contributed by atoms with Gasteiger partial charge in [0.15, 0.2) is 34.7 Å². The Labute approximate surface area is 164 Å². The molecule has 10 heteroatoms. The fourth-order valence-corrected chi connectivity index (χ4v) is 7.08. The Kier molecular flexibility index (Phi) is 7.16. The Balaban J connectivity index is 2.16. The second-order valence-electron chi connectivity index (χ2n) is 6.45. The molecule has 1 aromatic carbocycles. The fourth-order valence-electron chi connectivity index (χ4n) is 2.75. The van der Waals surface area contributed by atoms with Crippen LogP contribution >= 0.6 is 30.1 Å². The highest BCUT2D eigenvalue weighted by atomic mass is 32.9. The van der Waals surface area contributed by atoms with Crippen molar-refractivity contribution in [1.29, 1.82) is 0 Å². The van der Waals surface area contributed by atoms with E-state index in [0.29, 0.717) is 30.1 Å². The maximum atomic E-state index is 13.8. The zero-order chi connectivity index (χ0) is 19.8. The van der Waals surface area contributed by atoms with Crippen LogP contribution in [0, 0.1) is 35.0 Å². The topological polar surface area (TPSA) is 9.23 Å². The maximum Gasteiger partial charge on any atom is 0.420 e. The van der Waals surface area contributed by atoms with Gasteiger partial charge in [-0.25, -0.2) is 22.0 Å². The average molecular weight is 447 g/mol. The number of benzene rings is 1. The van der Waals surface area contributed by atoms with Gasteiger partial charge in [-0.2, -0.15) is 17.2 Å². The summed E-state index contributed by atoms with van der Waals surface area (Å²) in [4.78, 5) is -1.02. The van der Waals surface area contributed by atoms with Crippen molar-refractivity contribution in [2.75, 3.05) is 0 Å². The molecule has 1 fully saturated rings. The predicted octanol–water partition coefficient (Wildman–Crippen LogP) is 6.70. The molecule has 4 atom stereocenters. The van der Waals surface area contributed by atoms with Crippen molar-refractivity contribution in [2.24, 2.45) is 5.92 Å². The Hall–Kier alpha value is -0.210. The highest BCUT2D eigenvalue weighted by Crippen LogP contribution is 2.53. The number of hydrogen-bond acceptors (Lipinski definition) is 4. The smallest absolute Gasteiger partial charge is 0.202 e. The molecule has 0 aliphatic heterocycles. The Morgan fingerprint density at radius 2 is 1.69 bits per heavy atom. The molecule has 0 spiro atoms. The molecule has 1 aromatic rings. The monoisotopic (exact) mass is 447 g/mol. The van der Waals surface area contributed by atoms with Crippen molar-refractivity contribution < 1.29 is 26.5 Å². The van der Waals surface area contributed by atoms with E-state index < -0.39 is 45.7 Å². The van der Waals surface area contributed by atoms with E-state index >= 15 is 0 Å². The average Bonchev–Trinajstić information content (AvgIpc) is 2.57. The normalized spacial score (nSPS) is 26.7. The summed E-state index contributed by atoms with van der Waals surface area (Å²) in [7, 11) is 0. The Morgan fingerprint density at radius 3 is 2.15 bits per heavy atom. The first kappa shape index (κ1) is 22.1. The number of halogens is 5. The zero-order valence-corrected chi connectivity index (χ0v) is 17.4. The van der Waals surface area contributed by atoms with Crippen molar-refractivity contribution in [3.05, 3.63) is 41.2 Å². The van der Waals surface area contributed by atoms with Gasteiger partial charge in [0.1, 0.15) is 10.5 Å². The Morgan fingerprint density at radius 1 is 1.19 bits per heavy atom. The second kappa shape index (κ2) is 8.43. The van der Waals surface area contributed by atoms with Gasteiger partial charge in [-0.1, -0.05) is 12.2 Å². The highest BCUT2D eigenvalue weighted by Gasteiger charge is 2.45.